The maximum Gasteiger partial charge on any atom is 0.340 e. The molecule has 0 spiro atoms. The van der Waals surface area contributed by atoms with E-state index in [-0.39, 0.29) is 5.97 Å². The van der Waals surface area contributed by atoms with Crippen LogP contribution in [-0.4, -0.2) is 25.7 Å². The van der Waals surface area contributed by atoms with Crippen LogP contribution in [0.1, 0.15) is 36.2 Å². The Morgan fingerprint density at radius 3 is 2.83 bits per heavy atom. The van der Waals surface area contributed by atoms with Gasteiger partial charge in [0.15, 0.2) is 0 Å². The summed E-state index contributed by atoms with van der Waals surface area (Å²) in [4.78, 5) is 11.9. The van der Waals surface area contributed by atoms with Gasteiger partial charge in [0, 0.05) is 12.2 Å². The van der Waals surface area contributed by atoms with E-state index >= 15 is 0 Å². The summed E-state index contributed by atoms with van der Waals surface area (Å²) in [5.41, 5.74) is 8.02. The van der Waals surface area contributed by atoms with E-state index in [9.17, 15) is 4.79 Å². The van der Waals surface area contributed by atoms with Crippen LogP contribution < -0.4 is 11.1 Å². The maximum atomic E-state index is 11.9. The van der Waals surface area contributed by atoms with Crippen molar-refractivity contribution in [3.05, 3.63) is 29.3 Å². The predicted molar refractivity (Wildman–Crippen MR) is 73.7 cm³/mol. The molecule has 0 radical (unpaired) electrons. The lowest BCUT2D eigenvalue weighted by Gasteiger charge is -2.10. The normalized spacial score (nSPS) is 10.3. The van der Waals surface area contributed by atoms with Gasteiger partial charge in [0.05, 0.1) is 5.56 Å². The molecule has 3 N–H and O–H groups in total. The topological polar surface area (TPSA) is 64.3 Å². The van der Waals surface area contributed by atoms with Crippen molar-refractivity contribution in [3.8, 4) is 0 Å². The zero-order valence-electron chi connectivity index (χ0n) is 11.2. The summed E-state index contributed by atoms with van der Waals surface area (Å²) in [6.45, 7) is 5.99. The van der Waals surface area contributed by atoms with Crippen LogP contribution in [0.3, 0.4) is 0 Å². The Morgan fingerprint density at radius 2 is 2.17 bits per heavy atom. The number of carbonyl (C=O) groups excluding carboxylic acids is 1. The highest BCUT2D eigenvalue weighted by Crippen LogP contribution is 2.19. The Hall–Kier alpha value is -1.55. The van der Waals surface area contributed by atoms with Crippen LogP contribution in [0.2, 0.25) is 0 Å². The van der Waals surface area contributed by atoms with Crippen LogP contribution in [0.25, 0.3) is 0 Å². The third-order valence-electron chi connectivity index (χ3n) is 2.70. The minimum absolute atomic E-state index is 0.344. The van der Waals surface area contributed by atoms with Crippen molar-refractivity contribution in [2.45, 2.75) is 26.7 Å². The Kier molecular flexibility index (Phi) is 6.22. The zero-order chi connectivity index (χ0) is 13.4. The van der Waals surface area contributed by atoms with Crippen molar-refractivity contribution in [1.82, 2.24) is 5.32 Å². The molecule has 0 saturated heterocycles. The number of para-hydroxylation sites is 1. The summed E-state index contributed by atoms with van der Waals surface area (Å²) in [6, 6.07) is 5.51. The van der Waals surface area contributed by atoms with Gasteiger partial charge >= 0.3 is 5.97 Å². The molecule has 4 nitrogen and oxygen atoms in total. The van der Waals surface area contributed by atoms with Crippen molar-refractivity contribution >= 4 is 11.7 Å². The smallest absolute Gasteiger partial charge is 0.340 e. The Balaban J connectivity index is 2.64. The molecule has 1 rings (SSSR count). The fraction of sp³-hybridized carbons (Fsp3) is 0.500. The second-order valence-corrected chi connectivity index (χ2v) is 4.12. The van der Waals surface area contributed by atoms with Crippen LogP contribution in [0.5, 0.6) is 0 Å². The van der Waals surface area contributed by atoms with Gasteiger partial charge in [0.1, 0.15) is 6.61 Å². The van der Waals surface area contributed by atoms with Crippen molar-refractivity contribution in [2.75, 3.05) is 25.4 Å². The van der Waals surface area contributed by atoms with E-state index in [1.165, 1.54) is 0 Å². The van der Waals surface area contributed by atoms with Gasteiger partial charge in [-0.2, -0.15) is 0 Å². The van der Waals surface area contributed by atoms with Crippen LogP contribution in [-0.2, 0) is 11.2 Å². The number of hydrogen-bond donors (Lipinski definition) is 2. The molecule has 0 heterocycles. The van der Waals surface area contributed by atoms with E-state index < -0.39 is 0 Å². The maximum absolute atomic E-state index is 11.9. The first-order chi connectivity index (χ1) is 8.70. The largest absolute Gasteiger partial charge is 0.461 e. The van der Waals surface area contributed by atoms with E-state index in [0.717, 1.165) is 24.9 Å². The van der Waals surface area contributed by atoms with Crippen molar-refractivity contribution in [1.29, 1.82) is 0 Å². The van der Waals surface area contributed by atoms with Crippen molar-refractivity contribution in [3.63, 3.8) is 0 Å². The van der Waals surface area contributed by atoms with E-state index in [2.05, 4.69) is 12.2 Å². The molecule has 1 aromatic carbocycles. The third-order valence-corrected chi connectivity index (χ3v) is 2.70. The molecule has 0 aromatic heterocycles. The van der Waals surface area contributed by atoms with Crippen LogP contribution in [0.4, 0.5) is 5.69 Å². The number of esters is 1. The number of aryl methyl sites for hydroxylation is 1. The molecule has 0 unspecified atom stereocenters. The number of benzene rings is 1. The van der Waals surface area contributed by atoms with Gasteiger partial charge in [-0.25, -0.2) is 4.79 Å². The molecule has 0 bridgehead atoms. The second kappa shape index (κ2) is 7.71. The number of carbonyl (C=O) groups is 1. The predicted octanol–water partition coefficient (Wildman–Crippen LogP) is 1.99. The molecular weight excluding hydrogens is 228 g/mol. The minimum Gasteiger partial charge on any atom is -0.461 e. The molecule has 18 heavy (non-hydrogen) atoms. The number of nitrogens with one attached hydrogen (secondary N) is 1. The number of likely N-dealkylation sites (N-methyl/N-ethyl adjacent to an activating group) is 1. The molecule has 0 atom stereocenters. The number of nitrogen functional groups attached to an aromatic ring is 1. The summed E-state index contributed by atoms with van der Waals surface area (Å²) < 4.78 is 5.16. The fourth-order valence-corrected chi connectivity index (χ4v) is 1.75. The van der Waals surface area contributed by atoms with Crippen molar-refractivity contribution in [2.24, 2.45) is 0 Å². The lowest BCUT2D eigenvalue weighted by molar-refractivity contribution is 0.0510. The number of rotatable bonds is 7. The number of hydrogen-bond acceptors (Lipinski definition) is 4. The average molecular weight is 250 g/mol. The van der Waals surface area contributed by atoms with Gasteiger partial charge in [-0.15, -0.1) is 0 Å². The Morgan fingerprint density at radius 1 is 1.39 bits per heavy atom. The lowest BCUT2D eigenvalue weighted by atomic mass is 10.0. The third kappa shape index (κ3) is 4.04. The van der Waals surface area contributed by atoms with Gasteiger partial charge in [-0.1, -0.05) is 32.4 Å². The highest BCUT2D eigenvalue weighted by molar-refractivity contribution is 5.95. The molecule has 0 fully saturated rings. The van der Waals surface area contributed by atoms with Gasteiger partial charge in [0.25, 0.3) is 0 Å². The van der Waals surface area contributed by atoms with Gasteiger partial charge < -0.3 is 15.8 Å². The van der Waals surface area contributed by atoms with E-state index in [0.29, 0.717) is 24.4 Å². The van der Waals surface area contributed by atoms with Gasteiger partial charge in [0.2, 0.25) is 0 Å². The lowest BCUT2D eigenvalue weighted by Crippen LogP contribution is -2.21. The number of nitrogens with two attached hydrogens (primary N) is 1. The average Bonchev–Trinajstić information content (AvgIpc) is 2.37. The zero-order valence-corrected chi connectivity index (χ0v) is 11.2. The fourth-order valence-electron chi connectivity index (χ4n) is 1.75. The van der Waals surface area contributed by atoms with Crippen LogP contribution in [0, 0.1) is 0 Å². The summed E-state index contributed by atoms with van der Waals surface area (Å²) >= 11 is 0. The number of anilines is 1. The molecule has 0 amide bonds. The molecule has 4 heteroatoms. The van der Waals surface area contributed by atoms with E-state index in [4.69, 9.17) is 10.5 Å². The first-order valence-electron chi connectivity index (χ1n) is 6.45. The molecule has 1 aromatic rings. The Bertz CT molecular complexity index is 391. The van der Waals surface area contributed by atoms with E-state index in [1.807, 2.05) is 19.1 Å². The molecule has 100 valence electrons. The van der Waals surface area contributed by atoms with Crippen LogP contribution >= 0.6 is 0 Å². The first-order valence-corrected chi connectivity index (χ1v) is 6.45. The highest BCUT2D eigenvalue weighted by atomic mass is 16.5. The second-order valence-electron chi connectivity index (χ2n) is 4.12. The van der Waals surface area contributed by atoms with Crippen LogP contribution in [0.15, 0.2) is 18.2 Å². The first kappa shape index (κ1) is 14.5. The summed E-state index contributed by atoms with van der Waals surface area (Å²) in [6.07, 6.45) is 1.88. The molecular formula is C14H22N2O2. The minimum atomic E-state index is -0.344. The van der Waals surface area contributed by atoms with Crippen molar-refractivity contribution < 1.29 is 9.53 Å². The SMILES string of the molecule is CCCc1cccc(C(=O)OCCNCC)c1N. The molecule has 0 saturated carbocycles. The number of ether oxygens (including phenoxy) is 1. The van der Waals surface area contributed by atoms with Gasteiger partial charge in [-0.3, -0.25) is 0 Å². The summed E-state index contributed by atoms with van der Waals surface area (Å²) in [5.74, 6) is -0.344. The standard InChI is InChI=1S/C14H22N2O2/c1-3-6-11-7-5-8-12(13(11)15)14(17)18-10-9-16-4-2/h5,7-8,16H,3-4,6,9-10,15H2,1-2H3. The van der Waals surface area contributed by atoms with Gasteiger partial charge in [-0.05, 0) is 24.6 Å². The molecule has 0 aliphatic rings. The Labute approximate surface area is 109 Å². The summed E-state index contributed by atoms with van der Waals surface area (Å²) in [5, 5.41) is 3.09. The monoisotopic (exact) mass is 250 g/mol. The quantitative estimate of drug-likeness (QED) is 0.441. The molecule has 0 aliphatic carbocycles. The van der Waals surface area contributed by atoms with E-state index in [1.54, 1.807) is 6.07 Å². The summed E-state index contributed by atoms with van der Waals surface area (Å²) in [7, 11) is 0. The molecule has 0 aliphatic heterocycles. The highest BCUT2D eigenvalue weighted by Gasteiger charge is 2.13.